The van der Waals surface area contributed by atoms with Gasteiger partial charge in [-0.2, -0.15) is 0 Å². The molecule has 2 aromatic carbocycles. The molecular formula is C23H24O9. The van der Waals surface area contributed by atoms with E-state index >= 15 is 0 Å². The molecule has 32 heavy (non-hydrogen) atoms. The molecule has 1 unspecified atom stereocenters. The van der Waals surface area contributed by atoms with Crippen LogP contribution >= 0.6 is 0 Å². The molecule has 0 radical (unpaired) electrons. The van der Waals surface area contributed by atoms with Crippen molar-refractivity contribution in [3.05, 3.63) is 34.5 Å². The first-order valence-electron chi connectivity index (χ1n) is 9.81. The van der Waals surface area contributed by atoms with Crippen molar-refractivity contribution in [3.8, 4) is 45.8 Å². The van der Waals surface area contributed by atoms with E-state index in [0.717, 1.165) is 0 Å². The quantitative estimate of drug-likeness (QED) is 0.413. The standard InChI is InChI=1S/C23H24O9/c1-6-11(2)23(27)32-22-18-14(16(26)20(29-4)21(22)30-5)15(25)19(28-3)17(31-18)12-7-9-13(24)10-8-12/h7-11,24,26H,6H2,1-5H3. The summed E-state index contributed by atoms with van der Waals surface area (Å²) in [7, 11) is 3.85. The number of benzene rings is 2. The van der Waals surface area contributed by atoms with Crippen LogP contribution in [0.5, 0.6) is 34.5 Å². The van der Waals surface area contributed by atoms with E-state index in [4.69, 9.17) is 23.4 Å². The number of esters is 1. The minimum Gasteiger partial charge on any atom is -0.508 e. The normalized spacial score (nSPS) is 11.8. The van der Waals surface area contributed by atoms with Gasteiger partial charge >= 0.3 is 5.97 Å². The van der Waals surface area contributed by atoms with E-state index in [0.29, 0.717) is 12.0 Å². The predicted molar refractivity (Wildman–Crippen MR) is 116 cm³/mol. The molecule has 0 saturated carbocycles. The van der Waals surface area contributed by atoms with Gasteiger partial charge in [-0.1, -0.05) is 13.8 Å². The number of phenols is 2. The van der Waals surface area contributed by atoms with Crippen molar-refractivity contribution in [2.24, 2.45) is 5.92 Å². The number of fused-ring (bicyclic) bond motifs is 1. The van der Waals surface area contributed by atoms with Crippen molar-refractivity contribution in [1.82, 2.24) is 0 Å². The molecule has 1 atom stereocenters. The zero-order chi connectivity index (χ0) is 23.6. The Morgan fingerprint density at radius 3 is 2.09 bits per heavy atom. The fourth-order valence-corrected chi connectivity index (χ4v) is 3.14. The first kappa shape index (κ1) is 22.8. The molecule has 0 aliphatic carbocycles. The number of carbonyl (C=O) groups is 1. The van der Waals surface area contributed by atoms with E-state index in [1.165, 1.54) is 45.6 Å². The molecule has 0 bridgehead atoms. The van der Waals surface area contributed by atoms with Crippen LogP contribution in [0.4, 0.5) is 0 Å². The average Bonchev–Trinajstić information content (AvgIpc) is 2.79. The number of hydrogen-bond acceptors (Lipinski definition) is 9. The summed E-state index contributed by atoms with van der Waals surface area (Å²) in [5.41, 5.74) is -0.520. The molecule has 0 fully saturated rings. The lowest BCUT2D eigenvalue weighted by molar-refractivity contribution is -0.138. The van der Waals surface area contributed by atoms with Crippen LogP contribution in [0.25, 0.3) is 22.3 Å². The van der Waals surface area contributed by atoms with Crippen LogP contribution in [0.15, 0.2) is 33.5 Å². The Labute approximate surface area is 183 Å². The number of methoxy groups -OCH3 is 3. The highest BCUT2D eigenvalue weighted by molar-refractivity contribution is 5.98. The van der Waals surface area contributed by atoms with Gasteiger partial charge in [0.25, 0.3) is 0 Å². The van der Waals surface area contributed by atoms with E-state index < -0.39 is 23.1 Å². The van der Waals surface area contributed by atoms with Crippen LogP contribution in [0.3, 0.4) is 0 Å². The smallest absolute Gasteiger partial charge is 0.314 e. The fraction of sp³-hybridized carbons (Fsp3) is 0.304. The van der Waals surface area contributed by atoms with Crippen molar-refractivity contribution in [3.63, 3.8) is 0 Å². The van der Waals surface area contributed by atoms with Crippen LogP contribution in [0.1, 0.15) is 20.3 Å². The van der Waals surface area contributed by atoms with Crippen LogP contribution in [0, 0.1) is 5.92 Å². The summed E-state index contributed by atoms with van der Waals surface area (Å²) < 4.78 is 27.4. The summed E-state index contributed by atoms with van der Waals surface area (Å²) in [6.07, 6.45) is 0.519. The molecule has 2 N–H and O–H groups in total. The molecule has 170 valence electrons. The Morgan fingerprint density at radius 2 is 1.56 bits per heavy atom. The molecule has 9 heteroatoms. The number of hydrogen-bond donors (Lipinski definition) is 2. The summed E-state index contributed by atoms with van der Waals surface area (Å²) in [5, 5.41) is 20.1. The summed E-state index contributed by atoms with van der Waals surface area (Å²) in [6.45, 7) is 3.52. The third-order valence-corrected chi connectivity index (χ3v) is 5.10. The molecular weight excluding hydrogens is 420 g/mol. The highest BCUT2D eigenvalue weighted by Crippen LogP contribution is 2.51. The van der Waals surface area contributed by atoms with Gasteiger partial charge in [0, 0.05) is 5.56 Å². The summed E-state index contributed by atoms with van der Waals surface area (Å²) in [5.74, 6) is -2.25. The van der Waals surface area contributed by atoms with Crippen LogP contribution in [0.2, 0.25) is 0 Å². The third kappa shape index (κ3) is 3.77. The monoisotopic (exact) mass is 444 g/mol. The maximum absolute atomic E-state index is 13.3. The molecule has 0 saturated heterocycles. The molecule has 9 nitrogen and oxygen atoms in total. The average molecular weight is 444 g/mol. The lowest BCUT2D eigenvalue weighted by Gasteiger charge is -2.18. The van der Waals surface area contributed by atoms with Crippen LogP contribution in [-0.4, -0.2) is 37.5 Å². The lowest BCUT2D eigenvalue weighted by Crippen LogP contribution is -2.18. The molecule has 0 aliphatic rings. The van der Waals surface area contributed by atoms with Gasteiger partial charge in [-0.25, -0.2) is 0 Å². The highest BCUT2D eigenvalue weighted by Gasteiger charge is 2.31. The van der Waals surface area contributed by atoms with E-state index in [2.05, 4.69) is 0 Å². The second-order valence-electron chi connectivity index (χ2n) is 7.02. The second kappa shape index (κ2) is 9.09. The number of ether oxygens (including phenoxy) is 4. The lowest BCUT2D eigenvalue weighted by atomic mass is 10.1. The van der Waals surface area contributed by atoms with Crippen molar-refractivity contribution in [1.29, 1.82) is 0 Å². The first-order chi connectivity index (χ1) is 15.3. The largest absolute Gasteiger partial charge is 0.508 e. The van der Waals surface area contributed by atoms with Gasteiger partial charge in [-0.15, -0.1) is 0 Å². The van der Waals surface area contributed by atoms with E-state index in [1.807, 2.05) is 6.92 Å². The Morgan fingerprint density at radius 1 is 0.969 bits per heavy atom. The molecule has 3 aromatic rings. The van der Waals surface area contributed by atoms with Crippen LogP contribution < -0.4 is 24.4 Å². The van der Waals surface area contributed by atoms with Gasteiger partial charge in [0.15, 0.2) is 17.1 Å². The Kier molecular flexibility index (Phi) is 6.47. The Bertz CT molecular complexity index is 1210. The van der Waals surface area contributed by atoms with E-state index in [-0.39, 0.29) is 45.5 Å². The zero-order valence-electron chi connectivity index (χ0n) is 18.3. The van der Waals surface area contributed by atoms with Crippen molar-refractivity contribution in [2.45, 2.75) is 20.3 Å². The van der Waals surface area contributed by atoms with Crippen molar-refractivity contribution < 1.29 is 38.4 Å². The number of phenolic OH excluding ortho intramolecular Hbond substituents is 2. The molecule has 1 heterocycles. The predicted octanol–water partition coefficient (Wildman–Crippen LogP) is 3.85. The number of carbonyl (C=O) groups excluding carboxylic acids is 1. The molecule has 3 rings (SSSR count). The maximum atomic E-state index is 13.3. The summed E-state index contributed by atoms with van der Waals surface area (Å²) in [4.78, 5) is 25.9. The van der Waals surface area contributed by atoms with Crippen molar-refractivity contribution in [2.75, 3.05) is 21.3 Å². The number of rotatable bonds is 7. The minimum atomic E-state index is -0.712. The zero-order valence-corrected chi connectivity index (χ0v) is 18.3. The number of aromatic hydroxyl groups is 2. The van der Waals surface area contributed by atoms with Gasteiger partial charge in [0.05, 0.1) is 27.2 Å². The Balaban J connectivity index is 2.46. The molecule has 1 aromatic heterocycles. The van der Waals surface area contributed by atoms with Gasteiger partial charge in [0.1, 0.15) is 11.1 Å². The second-order valence-corrected chi connectivity index (χ2v) is 7.02. The fourth-order valence-electron chi connectivity index (χ4n) is 3.14. The van der Waals surface area contributed by atoms with E-state index in [1.54, 1.807) is 6.92 Å². The minimum absolute atomic E-state index is 0.0115. The SMILES string of the molecule is CCC(C)C(=O)Oc1c(OC)c(OC)c(O)c2c(=O)c(OC)c(-c3ccc(O)cc3)oc12. The topological polar surface area (TPSA) is 125 Å². The van der Waals surface area contributed by atoms with Crippen LogP contribution in [-0.2, 0) is 4.79 Å². The van der Waals surface area contributed by atoms with E-state index in [9.17, 15) is 19.8 Å². The van der Waals surface area contributed by atoms with Gasteiger partial charge < -0.3 is 33.6 Å². The maximum Gasteiger partial charge on any atom is 0.314 e. The molecule has 0 spiro atoms. The van der Waals surface area contributed by atoms with Gasteiger partial charge in [-0.05, 0) is 30.7 Å². The van der Waals surface area contributed by atoms with Gasteiger partial charge in [-0.3, -0.25) is 9.59 Å². The van der Waals surface area contributed by atoms with Gasteiger partial charge in [0.2, 0.25) is 28.4 Å². The molecule has 0 aliphatic heterocycles. The van der Waals surface area contributed by atoms with Crippen molar-refractivity contribution >= 4 is 16.9 Å². The first-order valence-corrected chi connectivity index (χ1v) is 9.81. The third-order valence-electron chi connectivity index (χ3n) is 5.10. The summed E-state index contributed by atoms with van der Waals surface area (Å²) >= 11 is 0. The Hall–Kier alpha value is -3.88. The summed E-state index contributed by atoms with van der Waals surface area (Å²) in [6, 6.07) is 5.87. The molecule has 0 amide bonds. The highest BCUT2D eigenvalue weighted by atomic mass is 16.6.